The Hall–Kier alpha value is -3.30. The van der Waals surface area contributed by atoms with Crippen molar-refractivity contribution in [3.05, 3.63) is 84.3 Å². The number of hydrogen-bond acceptors (Lipinski definition) is 5. The topological polar surface area (TPSA) is 105 Å². The first kappa shape index (κ1) is 22.5. The second-order valence-corrected chi connectivity index (χ2v) is 8.82. The second-order valence-electron chi connectivity index (χ2n) is 8.82. The Morgan fingerprint density at radius 1 is 1.18 bits per heavy atom. The van der Waals surface area contributed by atoms with Gasteiger partial charge in [0.15, 0.2) is 0 Å². The van der Waals surface area contributed by atoms with E-state index in [0.29, 0.717) is 30.4 Å². The molecule has 5 rings (SSSR count). The van der Waals surface area contributed by atoms with Crippen LogP contribution in [0.15, 0.2) is 33.9 Å². The lowest BCUT2D eigenvalue weighted by Gasteiger charge is -2.28. The zero-order chi connectivity index (χ0) is 23.7. The second kappa shape index (κ2) is 9.52. The van der Waals surface area contributed by atoms with Gasteiger partial charge in [0.1, 0.15) is 28.5 Å². The molecular weight excluding hydrogens is 437 g/mol. The lowest BCUT2D eigenvalue weighted by molar-refractivity contribution is 0.0511. The summed E-state index contributed by atoms with van der Waals surface area (Å²) in [5.41, 5.74) is 1.39. The maximum atomic E-state index is 13.5. The predicted octanol–water partition coefficient (Wildman–Crippen LogP) is 1.00. The van der Waals surface area contributed by atoms with Crippen molar-refractivity contribution in [1.82, 2.24) is 24.8 Å². The summed E-state index contributed by atoms with van der Waals surface area (Å²) in [5, 5.41) is 3.73. The lowest BCUT2D eigenvalue weighted by Crippen LogP contribution is -2.46. The van der Waals surface area contributed by atoms with Crippen molar-refractivity contribution in [1.29, 1.82) is 0 Å². The average molecular weight is 466 g/mol. The number of imidazole rings is 1. The van der Waals surface area contributed by atoms with E-state index >= 15 is 0 Å². The molecule has 0 spiro atoms. The van der Waals surface area contributed by atoms with Gasteiger partial charge in [0.2, 0.25) is 0 Å². The minimum Gasteiger partial charge on any atom is -0.377 e. The molecule has 2 aromatic heterocycles. The molecule has 3 aromatic rings. The van der Waals surface area contributed by atoms with Crippen molar-refractivity contribution in [2.75, 3.05) is 19.8 Å². The number of morpholine rings is 1. The van der Waals surface area contributed by atoms with Crippen LogP contribution >= 0.6 is 0 Å². The highest BCUT2D eigenvalue weighted by Gasteiger charge is 2.34. The van der Waals surface area contributed by atoms with Gasteiger partial charge in [0.25, 0.3) is 11.1 Å². The molecule has 0 bridgehead atoms. The highest BCUT2D eigenvalue weighted by molar-refractivity contribution is 5.51. The molecule has 1 aliphatic heterocycles. The summed E-state index contributed by atoms with van der Waals surface area (Å²) in [7, 11) is 0. The van der Waals surface area contributed by atoms with Crippen LogP contribution in [0.1, 0.15) is 61.0 Å². The number of ether oxygens (including phenoxy) is 1. The number of rotatable bonds is 6. The fourth-order valence-corrected chi connectivity index (χ4v) is 4.44. The predicted molar refractivity (Wildman–Crippen MR) is 127 cm³/mol. The van der Waals surface area contributed by atoms with E-state index in [2.05, 4.69) is 26.8 Å². The summed E-state index contributed by atoms with van der Waals surface area (Å²) in [6, 6.07) is 5.82. The van der Waals surface area contributed by atoms with Gasteiger partial charge in [-0.1, -0.05) is 19.1 Å². The van der Waals surface area contributed by atoms with E-state index in [1.165, 1.54) is 18.2 Å². The van der Waals surface area contributed by atoms with Gasteiger partial charge in [-0.2, -0.15) is 0 Å². The third-order valence-corrected chi connectivity index (χ3v) is 6.13. The first-order valence-electron chi connectivity index (χ1n) is 11.8. The highest BCUT2D eigenvalue weighted by Crippen LogP contribution is 2.43. The van der Waals surface area contributed by atoms with Gasteiger partial charge >= 0.3 is 0 Å². The molecule has 1 aliphatic carbocycles. The molecule has 8 nitrogen and oxygen atoms in total. The van der Waals surface area contributed by atoms with Crippen molar-refractivity contribution in [3.8, 4) is 0 Å². The first-order chi connectivity index (χ1) is 16.5. The van der Waals surface area contributed by atoms with E-state index in [9.17, 15) is 14.0 Å². The molecule has 0 radical (unpaired) electrons. The molecule has 1 atom stereocenters. The Kier molecular flexibility index (Phi) is 6.30. The Morgan fingerprint density at radius 3 is 2.59 bits per heavy atom. The normalized spacial score (nSPS) is 19.6. The van der Waals surface area contributed by atoms with Crippen molar-refractivity contribution < 1.29 is 9.13 Å². The zero-order valence-electron chi connectivity index (χ0n) is 19.1. The van der Waals surface area contributed by atoms with Gasteiger partial charge in [0, 0.05) is 24.6 Å². The molecule has 0 amide bonds. The van der Waals surface area contributed by atoms with E-state index < -0.39 is 16.9 Å². The smallest absolute Gasteiger partial charge is 0.272 e. The summed E-state index contributed by atoms with van der Waals surface area (Å²) in [6.45, 7) is 4.13. The summed E-state index contributed by atoms with van der Waals surface area (Å²) in [5.74, 6) is 0.911. The Labute approximate surface area is 195 Å². The summed E-state index contributed by atoms with van der Waals surface area (Å²) < 4.78 is 21.4. The van der Waals surface area contributed by atoms with Crippen LogP contribution in [0.3, 0.4) is 0 Å². The first-order valence-corrected chi connectivity index (χ1v) is 11.8. The summed E-state index contributed by atoms with van der Waals surface area (Å²) in [6.07, 6.45) is 7.00. The molecule has 3 heterocycles. The van der Waals surface area contributed by atoms with Crippen LogP contribution in [-0.2, 0) is 11.2 Å². The monoisotopic (exact) mass is 465 g/mol. The van der Waals surface area contributed by atoms with Gasteiger partial charge in [-0.15, -0.1) is 0 Å². The maximum absolute atomic E-state index is 13.5. The van der Waals surface area contributed by atoms with E-state index in [-0.39, 0.29) is 16.9 Å². The Balaban J connectivity index is 1.61. The standard InChI is InChI=1S/C25H28FN5O3/c1-2-4-21-28-18(23(16-7-8-16)31(21)22-14-34-10-9-27-22)13-20-25(33)29-19(24(32)30-20)12-15-5-3-6-17(26)11-15/h3,5-6,11-13,16,22,27H,2,4,7-10,14H2,1H3,(H,29,33)(H,30,32)/b19-12-,20-13-. The van der Waals surface area contributed by atoms with Crippen LogP contribution in [0.2, 0.25) is 0 Å². The fourth-order valence-electron chi connectivity index (χ4n) is 4.44. The molecule has 1 aromatic carbocycles. The number of nitrogens with one attached hydrogen (secondary N) is 3. The molecule has 34 heavy (non-hydrogen) atoms. The molecule has 2 fully saturated rings. The number of aromatic amines is 2. The number of aromatic nitrogens is 4. The Bertz CT molecular complexity index is 1430. The quantitative estimate of drug-likeness (QED) is 0.504. The average Bonchev–Trinajstić information content (AvgIpc) is 3.60. The zero-order valence-corrected chi connectivity index (χ0v) is 19.1. The number of nitrogens with zero attached hydrogens (tertiary/aromatic N) is 2. The van der Waals surface area contributed by atoms with Gasteiger partial charge < -0.3 is 19.3 Å². The molecule has 1 saturated carbocycles. The molecule has 1 unspecified atom stereocenters. The van der Waals surface area contributed by atoms with E-state index in [1.54, 1.807) is 18.2 Å². The van der Waals surface area contributed by atoms with Crippen LogP contribution in [0.25, 0.3) is 12.2 Å². The highest BCUT2D eigenvalue weighted by atomic mass is 19.1. The van der Waals surface area contributed by atoms with Crippen LogP contribution in [-0.4, -0.2) is 39.3 Å². The van der Waals surface area contributed by atoms with Crippen LogP contribution in [0, 0.1) is 5.82 Å². The third kappa shape index (κ3) is 4.67. The third-order valence-electron chi connectivity index (χ3n) is 6.13. The number of aryl methyl sites for hydroxylation is 1. The fraction of sp³-hybridized carbons (Fsp3) is 0.400. The molecule has 3 N–H and O–H groups in total. The van der Waals surface area contributed by atoms with Crippen LogP contribution in [0.5, 0.6) is 0 Å². The SMILES string of the molecule is CCCc1nc(/C=c2\[nH]c(=O)/c(=C/c3cccc(F)c3)[nH]c2=O)c(C2CC2)n1C1COCCN1. The summed E-state index contributed by atoms with van der Waals surface area (Å²) >= 11 is 0. The van der Waals surface area contributed by atoms with Crippen molar-refractivity contribution in [3.63, 3.8) is 0 Å². The van der Waals surface area contributed by atoms with Crippen molar-refractivity contribution >= 4 is 12.2 Å². The minimum atomic E-state index is -0.460. The van der Waals surface area contributed by atoms with E-state index in [1.807, 2.05) is 0 Å². The molecule has 178 valence electrons. The molecule has 9 heteroatoms. The lowest BCUT2D eigenvalue weighted by atomic mass is 10.2. The number of halogens is 1. The largest absolute Gasteiger partial charge is 0.377 e. The van der Waals surface area contributed by atoms with Crippen LogP contribution < -0.4 is 27.1 Å². The molecule has 2 aliphatic rings. The number of hydrogen-bond donors (Lipinski definition) is 3. The number of H-pyrrole nitrogens is 2. The van der Waals surface area contributed by atoms with Gasteiger partial charge in [-0.3, -0.25) is 14.9 Å². The van der Waals surface area contributed by atoms with Gasteiger partial charge in [-0.25, -0.2) is 9.37 Å². The number of benzene rings is 1. The van der Waals surface area contributed by atoms with Crippen molar-refractivity contribution in [2.45, 2.75) is 44.7 Å². The van der Waals surface area contributed by atoms with E-state index in [4.69, 9.17) is 9.72 Å². The summed E-state index contributed by atoms with van der Waals surface area (Å²) in [4.78, 5) is 35.8. The minimum absolute atomic E-state index is 0.00104. The van der Waals surface area contributed by atoms with E-state index in [0.717, 1.165) is 43.7 Å². The molecular formula is C25H28FN5O3. The Morgan fingerprint density at radius 2 is 1.94 bits per heavy atom. The van der Waals surface area contributed by atoms with Crippen molar-refractivity contribution in [2.24, 2.45) is 0 Å². The van der Waals surface area contributed by atoms with Crippen LogP contribution in [0.4, 0.5) is 4.39 Å². The maximum Gasteiger partial charge on any atom is 0.272 e. The van der Waals surface area contributed by atoms with Gasteiger partial charge in [0.05, 0.1) is 18.9 Å². The van der Waals surface area contributed by atoms with Gasteiger partial charge in [-0.05, 0) is 49.1 Å². The molecule has 1 saturated heterocycles.